The van der Waals surface area contributed by atoms with Crippen molar-refractivity contribution in [2.75, 3.05) is 0 Å². The fourth-order valence-electron chi connectivity index (χ4n) is 0.765. The molecule has 3 nitrogen and oxygen atoms in total. The van der Waals surface area contributed by atoms with Crippen LogP contribution < -0.4 is 0 Å². The average Bonchev–Trinajstić information content (AvgIpc) is 1.81. The Morgan fingerprint density at radius 1 is 1.55 bits per heavy atom. The van der Waals surface area contributed by atoms with E-state index in [0.29, 0.717) is 0 Å². The van der Waals surface area contributed by atoms with E-state index in [2.05, 4.69) is 0 Å². The number of carbonyl (C=O) groups is 2. The minimum atomic E-state index is -1.09. The van der Waals surface area contributed by atoms with Crippen LogP contribution in [0.5, 0.6) is 0 Å². The molecule has 1 N–H and O–H groups in total. The number of carbonyl (C=O) groups excluding carboxylic acids is 1. The third-order valence-electron chi connectivity index (χ3n) is 1.35. The Labute approximate surface area is 70.3 Å². The Bertz CT molecular complexity index is 151. The number of halogens is 1. The van der Waals surface area contributed by atoms with Crippen LogP contribution in [0.25, 0.3) is 0 Å². The van der Waals surface area contributed by atoms with Crippen molar-refractivity contribution in [1.82, 2.24) is 0 Å². The van der Waals surface area contributed by atoms with Gasteiger partial charge in [0, 0.05) is 5.38 Å². The summed E-state index contributed by atoms with van der Waals surface area (Å²) in [6, 6.07) is 0. The van der Waals surface area contributed by atoms with Crippen LogP contribution in [0.3, 0.4) is 0 Å². The van der Waals surface area contributed by atoms with E-state index in [1.165, 1.54) is 6.92 Å². The first-order valence-electron chi connectivity index (χ1n) is 3.32. The largest absolute Gasteiger partial charge is 0.481 e. The van der Waals surface area contributed by atoms with Crippen LogP contribution in [-0.4, -0.2) is 22.2 Å². The molecule has 0 aliphatic rings. The minimum Gasteiger partial charge on any atom is -0.481 e. The molecule has 0 bridgehead atoms. The van der Waals surface area contributed by atoms with E-state index in [4.69, 9.17) is 16.7 Å². The summed E-state index contributed by atoms with van der Waals surface area (Å²) < 4.78 is 0. The molecule has 64 valence electrons. The number of carboxylic acid groups (broad SMARTS) is 1. The number of alkyl halides is 1. The van der Waals surface area contributed by atoms with Crippen LogP contribution in [0.1, 0.15) is 20.3 Å². The van der Waals surface area contributed by atoms with Crippen molar-refractivity contribution >= 4 is 23.4 Å². The Hall–Kier alpha value is -0.570. The number of rotatable bonds is 4. The molecule has 0 aromatic carbocycles. The highest BCUT2D eigenvalue weighted by atomic mass is 35.5. The Morgan fingerprint density at radius 3 is 2.09 bits per heavy atom. The molecular formula is C7H11ClO3. The van der Waals surface area contributed by atoms with Crippen LogP contribution in [0.2, 0.25) is 0 Å². The number of hydrogen-bond acceptors (Lipinski definition) is 2. The molecule has 0 aromatic rings. The highest BCUT2D eigenvalue weighted by Gasteiger charge is 2.23. The van der Waals surface area contributed by atoms with E-state index in [-0.39, 0.29) is 17.6 Å². The summed E-state index contributed by atoms with van der Waals surface area (Å²) in [5, 5.41) is 8.24. The van der Waals surface area contributed by atoms with Gasteiger partial charge in [0.15, 0.2) is 0 Å². The van der Waals surface area contributed by atoms with Gasteiger partial charge < -0.3 is 5.11 Å². The summed E-state index contributed by atoms with van der Waals surface area (Å²) in [5.74, 6) is -2.38. The molecule has 0 saturated carbocycles. The van der Waals surface area contributed by atoms with Gasteiger partial charge >= 0.3 is 5.97 Å². The number of hydrogen-bond donors (Lipinski definition) is 1. The molecule has 0 aliphatic heterocycles. The third kappa shape index (κ3) is 3.98. The van der Waals surface area contributed by atoms with Gasteiger partial charge in [0.1, 0.15) is 11.7 Å². The monoisotopic (exact) mass is 178 g/mol. The maximum Gasteiger partial charge on any atom is 0.314 e. The lowest BCUT2D eigenvalue weighted by atomic mass is 10.00. The van der Waals surface area contributed by atoms with E-state index in [0.717, 1.165) is 0 Å². The van der Waals surface area contributed by atoms with E-state index in [9.17, 15) is 9.59 Å². The third-order valence-corrected chi connectivity index (χ3v) is 1.53. The molecule has 0 spiro atoms. The molecule has 0 saturated heterocycles. The topological polar surface area (TPSA) is 54.4 Å². The van der Waals surface area contributed by atoms with Gasteiger partial charge in [-0.25, -0.2) is 0 Å². The normalized spacial score (nSPS) is 15.5. The van der Waals surface area contributed by atoms with Gasteiger partial charge in [-0.3, -0.25) is 9.59 Å². The predicted octanol–water partition coefficient (Wildman–Crippen LogP) is 1.29. The smallest absolute Gasteiger partial charge is 0.314 e. The summed E-state index contributed by atoms with van der Waals surface area (Å²) >= 11 is 5.55. The molecule has 0 aromatic heterocycles. The summed E-state index contributed by atoms with van der Waals surface area (Å²) in [6.07, 6.45) is 0.201. The lowest BCUT2D eigenvalue weighted by Crippen LogP contribution is -2.23. The van der Waals surface area contributed by atoms with Crippen molar-refractivity contribution < 1.29 is 14.7 Å². The van der Waals surface area contributed by atoms with Gasteiger partial charge in [-0.2, -0.15) is 0 Å². The number of carboxylic acids is 1. The molecule has 0 radical (unpaired) electrons. The van der Waals surface area contributed by atoms with Gasteiger partial charge in [0.25, 0.3) is 0 Å². The molecule has 11 heavy (non-hydrogen) atoms. The first-order chi connectivity index (χ1) is 4.95. The number of Topliss-reactive ketones (excluding diaryl/α,β-unsaturated/α-hetero) is 1. The van der Waals surface area contributed by atoms with E-state index >= 15 is 0 Å². The van der Waals surface area contributed by atoms with Crippen molar-refractivity contribution in [2.24, 2.45) is 5.92 Å². The van der Waals surface area contributed by atoms with Crippen molar-refractivity contribution in [3.8, 4) is 0 Å². The molecule has 2 unspecified atom stereocenters. The standard InChI is InChI=1S/C7H11ClO3/c1-4(8)3-6(5(2)9)7(10)11/h4,6H,3H2,1-2H3,(H,10,11). The van der Waals surface area contributed by atoms with Gasteiger partial charge in [0.05, 0.1) is 0 Å². The lowest BCUT2D eigenvalue weighted by molar-refractivity contribution is -0.145. The van der Waals surface area contributed by atoms with Gasteiger partial charge in [0.2, 0.25) is 0 Å². The van der Waals surface area contributed by atoms with Crippen LogP contribution in [0.4, 0.5) is 0 Å². The van der Waals surface area contributed by atoms with E-state index in [1.807, 2.05) is 0 Å². The first kappa shape index (κ1) is 10.4. The maximum atomic E-state index is 10.7. The highest BCUT2D eigenvalue weighted by Crippen LogP contribution is 2.12. The van der Waals surface area contributed by atoms with Crippen LogP contribution in [0, 0.1) is 5.92 Å². The van der Waals surface area contributed by atoms with E-state index < -0.39 is 11.9 Å². The predicted molar refractivity (Wildman–Crippen MR) is 41.7 cm³/mol. The number of ketones is 1. The zero-order valence-corrected chi connectivity index (χ0v) is 7.26. The second-order valence-corrected chi connectivity index (χ2v) is 3.26. The number of aliphatic carboxylic acids is 1. The van der Waals surface area contributed by atoms with E-state index in [1.54, 1.807) is 6.92 Å². The SMILES string of the molecule is CC(=O)C(CC(C)Cl)C(=O)O. The summed E-state index contributed by atoms with van der Waals surface area (Å²) in [7, 11) is 0. The molecule has 0 aliphatic carbocycles. The zero-order chi connectivity index (χ0) is 9.02. The van der Waals surface area contributed by atoms with Crippen LogP contribution >= 0.6 is 11.6 Å². The van der Waals surface area contributed by atoms with Gasteiger partial charge in [-0.05, 0) is 20.3 Å². The lowest BCUT2D eigenvalue weighted by Gasteiger charge is -2.08. The fraction of sp³-hybridized carbons (Fsp3) is 0.714. The Kier molecular flexibility index (Phi) is 4.11. The molecule has 0 heterocycles. The second kappa shape index (κ2) is 4.34. The maximum absolute atomic E-state index is 10.7. The molecule has 0 amide bonds. The quantitative estimate of drug-likeness (QED) is 0.522. The van der Waals surface area contributed by atoms with Crippen molar-refractivity contribution in [3.05, 3.63) is 0 Å². The Morgan fingerprint density at radius 2 is 2.00 bits per heavy atom. The van der Waals surface area contributed by atoms with Crippen molar-refractivity contribution in [1.29, 1.82) is 0 Å². The molecule has 4 heteroatoms. The second-order valence-electron chi connectivity index (χ2n) is 2.52. The van der Waals surface area contributed by atoms with Gasteiger partial charge in [-0.15, -0.1) is 11.6 Å². The fourth-order valence-corrected chi connectivity index (χ4v) is 0.944. The van der Waals surface area contributed by atoms with Crippen molar-refractivity contribution in [2.45, 2.75) is 25.6 Å². The molecule has 0 fully saturated rings. The minimum absolute atomic E-state index is 0.201. The Balaban J connectivity index is 4.12. The highest BCUT2D eigenvalue weighted by molar-refractivity contribution is 6.20. The summed E-state index contributed by atoms with van der Waals surface area (Å²) in [5.41, 5.74) is 0. The summed E-state index contributed by atoms with van der Waals surface area (Å²) in [4.78, 5) is 21.1. The van der Waals surface area contributed by atoms with Crippen LogP contribution in [-0.2, 0) is 9.59 Å². The first-order valence-corrected chi connectivity index (χ1v) is 3.76. The van der Waals surface area contributed by atoms with Gasteiger partial charge in [-0.1, -0.05) is 0 Å². The van der Waals surface area contributed by atoms with Crippen LogP contribution in [0.15, 0.2) is 0 Å². The molecule has 2 atom stereocenters. The van der Waals surface area contributed by atoms with Crippen molar-refractivity contribution in [3.63, 3.8) is 0 Å². The molecular weight excluding hydrogens is 168 g/mol. The molecule has 0 rings (SSSR count). The summed E-state index contributed by atoms with van der Waals surface area (Å²) in [6.45, 7) is 2.93. The average molecular weight is 179 g/mol. The zero-order valence-electron chi connectivity index (χ0n) is 6.50.